The first kappa shape index (κ1) is 11.3. The van der Waals surface area contributed by atoms with Crippen LogP contribution in [0.4, 0.5) is 0 Å². The van der Waals surface area contributed by atoms with Crippen LogP contribution in [-0.2, 0) is 4.74 Å². The van der Waals surface area contributed by atoms with Crippen LogP contribution in [0.25, 0.3) is 0 Å². The highest BCUT2D eigenvalue weighted by atomic mass is 16.5. The van der Waals surface area contributed by atoms with Crippen molar-refractivity contribution in [3.05, 3.63) is 35.4 Å². The van der Waals surface area contributed by atoms with Gasteiger partial charge < -0.3 is 9.84 Å². The highest BCUT2D eigenvalue weighted by Gasteiger charge is 2.08. The van der Waals surface area contributed by atoms with Gasteiger partial charge in [0.25, 0.3) is 0 Å². The third kappa shape index (κ3) is 3.12. The van der Waals surface area contributed by atoms with Crippen LogP contribution in [0.15, 0.2) is 24.3 Å². The first-order valence-electron chi connectivity index (χ1n) is 4.52. The molecule has 3 heteroatoms. The van der Waals surface area contributed by atoms with E-state index < -0.39 is 12.1 Å². The summed E-state index contributed by atoms with van der Waals surface area (Å²) < 4.78 is 4.61. The Morgan fingerprint density at radius 3 is 2.73 bits per heavy atom. The molecular formula is C12H12O3. The Morgan fingerprint density at radius 2 is 2.13 bits per heavy atom. The minimum absolute atomic E-state index is 0.410. The van der Waals surface area contributed by atoms with Crippen molar-refractivity contribution < 1.29 is 14.6 Å². The minimum atomic E-state index is -0.712. The number of ether oxygens (including phenoxy) is 1. The van der Waals surface area contributed by atoms with Crippen molar-refractivity contribution in [1.82, 2.24) is 0 Å². The molecule has 0 aliphatic carbocycles. The summed E-state index contributed by atoms with van der Waals surface area (Å²) in [6, 6.07) is 6.86. The number of hydrogen-bond acceptors (Lipinski definition) is 3. The van der Waals surface area contributed by atoms with Gasteiger partial charge >= 0.3 is 5.97 Å². The molecule has 0 saturated carbocycles. The highest BCUT2D eigenvalue weighted by molar-refractivity contribution is 5.92. The molecule has 0 aliphatic rings. The summed E-state index contributed by atoms with van der Waals surface area (Å²) in [5, 5.41) is 9.01. The minimum Gasteiger partial charge on any atom is -0.465 e. The number of methoxy groups -OCH3 is 1. The molecule has 0 heterocycles. The van der Waals surface area contributed by atoms with Gasteiger partial charge in [-0.1, -0.05) is 24.0 Å². The van der Waals surface area contributed by atoms with Crippen LogP contribution in [0.2, 0.25) is 0 Å². The van der Waals surface area contributed by atoms with Crippen LogP contribution in [0.3, 0.4) is 0 Å². The zero-order chi connectivity index (χ0) is 11.3. The van der Waals surface area contributed by atoms with Crippen molar-refractivity contribution >= 4 is 5.97 Å². The van der Waals surface area contributed by atoms with Crippen molar-refractivity contribution in [3.8, 4) is 11.8 Å². The van der Waals surface area contributed by atoms with Crippen LogP contribution in [0, 0.1) is 11.8 Å². The van der Waals surface area contributed by atoms with Crippen LogP contribution < -0.4 is 0 Å². The van der Waals surface area contributed by atoms with Crippen LogP contribution >= 0.6 is 0 Å². The Morgan fingerprint density at radius 1 is 1.47 bits per heavy atom. The van der Waals surface area contributed by atoms with Crippen molar-refractivity contribution in [3.63, 3.8) is 0 Å². The van der Waals surface area contributed by atoms with E-state index in [1.54, 1.807) is 31.2 Å². The van der Waals surface area contributed by atoms with Crippen molar-refractivity contribution in [2.75, 3.05) is 7.11 Å². The van der Waals surface area contributed by atoms with E-state index in [-0.39, 0.29) is 0 Å². The molecule has 1 aromatic rings. The molecule has 1 N–H and O–H groups in total. The van der Waals surface area contributed by atoms with Crippen molar-refractivity contribution in [1.29, 1.82) is 0 Å². The topological polar surface area (TPSA) is 46.5 Å². The van der Waals surface area contributed by atoms with E-state index in [1.807, 2.05) is 0 Å². The zero-order valence-corrected chi connectivity index (χ0v) is 8.65. The highest BCUT2D eigenvalue weighted by Crippen LogP contribution is 2.08. The van der Waals surface area contributed by atoms with Crippen LogP contribution in [-0.4, -0.2) is 24.3 Å². The molecule has 0 amide bonds. The zero-order valence-electron chi connectivity index (χ0n) is 8.65. The predicted molar refractivity (Wildman–Crippen MR) is 56.3 cm³/mol. The molecule has 0 radical (unpaired) electrons. The standard InChI is InChI=1S/C12H12O3/c1-9(13)7-8-10-5-3-4-6-11(10)12(14)15-2/h3-6,9,13H,1-2H3/t9-/m0/s1. The summed E-state index contributed by atoms with van der Waals surface area (Å²) in [5.74, 6) is 4.88. The van der Waals surface area contributed by atoms with Gasteiger partial charge in [0.15, 0.2) is 0 Å². The first-order valence-corrected chi connectivity index (χ1v) is 4.52. The number of carbonyl (C=O) groups excluding carboxylic acids is 1. The van der Waals surface area contributed by atoms with Crippen LogP contribution in [0.5, 0.6) is 0 Å². The monoisotopic (exact) mass is 204 g/mol. The van der Waals surface area contributed by atoms with Crippen LogP contribution in [0.1, 0.15) is 22.8 Å². The summed E-state index contributed by atoms with van der Waals surface area (Å²) >= 11 is 0. The number of esters is 1. The maximum absolute atomic E-state index is 11.3. The van der Waals surface area contributed by atoms with Gasteiger partial charge in [-0.15, -0.1) is 0 Å². The maximum atomic E-state index is 11.3. The molecule has 0 unspecified atom stereocenters. The summed E-state index contributed by atoms with van der Waals surface area (Å²) in [6.07, 6.45) is -0.712. The molecule has 15 heavy (non-hydrogen) atoms. The van der Waals surface area contributed by atoms with E-state index >= 15 is 0 Å². The van der Waals surface area contributed by atoms with Gasteiger partial charge in [-0.05, 0) is 19.1 Å². The quantitative estimate of drug-likeness (QED) is 0.552. The maximum Gasteiger partial charge on any atom is 0.339 e. The van der Waals surface area contributed by atoms with E-state index in [4.69, 9.17) is 5.11 Å². The molecule has 0 bridgehead atoms. The fourth-order valence-electron chi connectivity index (χ4n) is 1.06. The lowest BCUT2D eigenvalue weighted by Gasteiger charge is -2.01. The Kier molecular flexibility index (Phi) is 3.90. The van der Waals surface area contributed by atoms with Crippen molar-refractivity contribution in [2.24, 2.45) is 0 Å². The van der Waals surface area contributed by atoms with Gasteiger partial charge in [0.05, 0.1) is 12.7 Å². The number of benzene rings is 1. The van der Waals surface area contributed by atoms with E-state index in [0.717, 1.165) is 0 Å². The van der Waals surface area contributed by atoms with Gasteiger partial charge in [-0.3, -0.25) is 0 Å². The number of aliphatic hydroxyl groups excluding tert-OH is 1. The molecule has 1 rings (SSSR count). The van der Waals surface area contributed by atoms with E-state index in [2.05, 4.69) is 16.6 Å². The number of hydrogen-bond donors (Lipinski definition) is 1. The molecular weight excluding hydrogens is 192 g/mol. The number of aliphatic hydroxyl groups is 1. The summed E-state index contributed by atoms with van der Waals surface area (Å²) in [5.41, 5.74) is 0.971. The second kappa shape index (κ2) is 5.18. The fraction of sp³-hybridized carbons (Fsp3) is 0.250. The largest absolute Gasteiger partial charge is 0.465 e. The van der Waals surface area contributed by atoms with E-state index in [1.165, 1.54) is 7.11 Å². The molecule has 1 aromatic carbocycles. The third-order valence-electron chi connectivity index (χ3n) is 1.75. The van der Waals surface area contributed by atoms with E-state index in [9.17, 15) is 4.79 Å². The van der Waals surface area contributed by atoms with Gasteiger partial charge in [-0.25, -0.2) is 4.79 Å². The molecule has 0 aromatic heterocycles. The smallest absolute Gasteiger partial charge is 0.339 e. The molecule has 0 spiro atoms. The average molecular weight is 204 g/mol. The Labute approximate surface area is 88.7 Å². The Balaban J connectivity index is 3.09. The normalized spacial score (nSPS) is 11.1. The second-order valence-electron chi connectivity index (χ2n) is 2.98. The summed E-state index contributed by atoms with van der Waals surface area (Å²) in [4.78, 5) is 11.3. The third-order valence-corrected chi connectivity index (χ3v) is 1.75. The van der Waals surface area contributed by atoms with Crippen molar-refractivity contribution in [2.45, 2.75) is 13.0 Å². The molecule has 0 fully saturated rings. The summed E-state index contributed by atoms with van der Waals surface area (Å²) in [7, 11) is 1.32. The average Bonchev–Trinajstić information content (AvgIpc) is 2.25. The lowest BCUT2D eigenvalue weighted by molar-refractivity contribution is 0.0600. The predicted octanol–water partition coefficient (Wildman–Crippen LogP) is 1.21. The summed E-state index contributed by atoms with van der Waals surface area (Å²) in [6.45, 7) is 1.56. The lowest BCUT2D eigenvalue weighted by atomic mass is 10.1. The molecule has 0 saturated heterocycles. The Bertz CT molecular complexity index is 410. The fourth-order valence-corrected chi connectivity index (χ4v) is 1.06. The first-order chi connectivity index (χ1) is 7.15. The lowest BCUT2D eigenvalue weighted by Crippen LogP contribution is -2.04. The molecule has 0 aliphatic heterocycles. The number of carbonyl (C=O) groups is 1. The Hall–Kier alpha value is -1.79. The van der Waals surface area contributed by atoms with Gasteiger partial charge in [0.2, 0.25) is 0 Å². The second-order valence-corrected chi connectivity index (χ2v) is 2.98. The number of rotatable bonds is 1. The van der Waals surface area contributed by atoms with E-state index in [0.29, 0.717) is 11.1 Å². The van der Waals surface area contributed by atoms with Gasteiger partial charge in [-0.2, -0.15) is 0 Å². The molecule has 1 atom stereocenters. The van der Waals surface area contributed by atoms with Gasteiger partial charge in [0.1, 0.15) is 6.10 Å². The SMILES string of the molecule is COC(=O)c1ccccc1C#C[C@H](C)O. The molecule has 3 nitrogen and oxygen atoms in total. The van der Waals surface area contributed by atoms with Gasteiger partial charge in [0, 0.05) is 5.56 Å². The molecule has 78 valence electrons.